The second-order valence-corrected chi connectivity index (χ2v) is 6.10. The second kappa shape index (κ2) is 8.14. The first kappa shape index (κ1) is 18.7. The van der Waals surface area contributed by atoms with Crippen molar-refractivity contribution in [3.8, 4) is 34.8 Å². The van der Waals surface area contributed by atoms with Gasteiger partial charge in [0, 0.05) is 5.56 Å². The van der Waals surface area contributed by atoms with Gasteiger partial charge in [-0.1, -0.05) is 25.1 Å². The highest BCUT2D eigenvalue weighted by Gasteiger charge is 2.19. The summed E-state index contributed by atoms with van der Waals surface area (Å²) >= 11 is 0. The fourth-order valence-electron chi connectivity index (χ4n) is 2.63. The highest BCUT2D eigenvalue weighted by molar-refractivity contribution is 5.78. The van der Waals surface area contributed by atoms with Gasteiger partial charge in [-0.15, -0.1) is 0 Å². The molecule has 0 radical (unpaired) electrons. The van der Waals surface area contributed by atoms with Gasteiger partial charge in [-0.3, -0.25) is 0 Å². The Balaban J connectivity index is 1.77. The molecule has 8 heteroatoms. The number of halogens is 1. The van der Waals surface area contributed by atoms with Gasteiger partial charge in [0.15, 0.2) is 17.1 Å². The first-order valence-corrected chi connectivity index (χ1v) is 9.06. The predicted octanol–water partition coefficient (Wildman–Crippen LogP) is 5.01. The fraction of sp³-hybridized carbons (Fsp3) is 0.190. The van der Waals surface area contributed by atoms with E-state index in [-0.39, 0.29) is 23.4 Å². The van der Waals surface area contributed by atoms with Crippen LogP contribution in [0.4, 0.5) is 4.39 Å². The number of para-hydroxylation sites is 1. The predicted molar refractivity (Wildman–Crippen MR) is 104 cm³/mol. The van der Waals surface area contributed by atoms with Crippen LogP contribution in [0, 0.1) is 5.82 Å². The fourth-order valence-corrected chi connectivity index (χ4v) is 2.63. The first-order valence-electron chi connectivity index (χ1n) is 9.06. The number of methoxy groups -OCH3 is 1. The molecule has 2 aromatic carbocycles. The Morgan fingerprint density at radius 2 is 1.90 bits per heavy atom. The molecule has 0 aliphatic heterocycles. The lowest BCUT2D eigenvalue weighted by Gasteiger charge is -2.07. The summed E-state index contributed by atoms with van der Waals surface area (Å²) in [5, 5.41) is 0. The second-order valence-electron chi connectivity index (χ2n) is 6.10. The number of ether oxygens (including phenoxy) is 3. The molecule has 0 saturated heterocycles. The molecule has 0 N–H and O–H groups in total. The maximum absolute atomic E-state index is 13.9. The average molecular weight is 395 g/mol. The van der Waals surface area contributed by atoms with Crippen molar-refractivity contribution in [3.63, 3.8) is 0 Å². The minimum atomic E-state index is -0.526. The van der Waals surface area contributed by atoms with Crippen LogP contribution in [-0.2, 0) is 0 Å². The molecule has 0 aliphatic rings. The van der Waals surface area contributed by atoms with E-state index in [2.05, 4.69) is 15.0 Å². The molecule has 148 valence electrons. The van der Waals surface area contributed by atoms with Gasteiger partial charge in [0.2, 0.25) is 5.89 Å². The van der Waals surface area contributed by atoms with Gasteiger partial charge in [0.25, 0.3) is 11.6 Å². The molecule has 0 bridgehead atoms. The van der Waals surface area contributed by atoms with Crippen molar-refractivity contribution in [2.24, 2.45) is 0 Å². The van der Waals surface area contributed by atoms with Crippen molar-refractivity contribution in [1.82, 2.24) is 15.0 Å². The molecule has 2 heterocycles. The Morgan fingerprint density at radius 1 is 1.03 bits per heavy atom. The minimum Gasteiger partial charge on any atom is -0.497 e. The van der Waals surface area contributed by atoms with E-state index in [9.17, 15) is 4.39 Å². The van der Waals surface area contributed by atoms with Crippen LogP contribution in [0.3, 0.4) is 0 Å². The Bertz CT molecular complexity index is 1150. The molecular weight excluding hydrogens is 377 g/mol. The number of benzene rings is 2. The third-order valence-electron chi connectivity index (χ3n) is 4.00. The van der Waals surface area contributed by atoms with Crippen molar-refractivity contribution in [1.29, 1.82) is 0 Å². The number of aromatic nitrogens is 3. The molecule has 0 unspecified atom stereocenters. The van der Waals surface area contributed by atoms with Gasteiger partial charge in [-0.25, -0.2) is 9.37 Å². The summed E-state index contributed by atoms with van der Waals surface area (Å²) in [6.45, 7) is 2.40. The SMILES string of the molecule is CCCOc1nc(Oc2ccccc2F)nc2oc(-c3cccc(OC)c3)nc12. The van der Waals surface area contributed by atoms with E-state index in [1.165, 1.54) is 12.1 Å². The van der Waals surface area contributed by atoms with E-state index in [1.807, 2.05) is 25.1 Å². The summed E-state index contributed by atoms with van der Waals surface area (Å²) in [6.07, 6.45) is 0.773. The minimum absolute atomic E-state index is 0.000765. The lowest BCUT2D eigenvalue weighted by molar-refractivity contribution is 0.301. The standard InChI is InChI=1S/C21H18FN3O4/c1-3-11-27-19-17-20(25-21(24-19)28-16-10-5-4-9-15(16)22)29-18(23-17)13-7-6-8-14(12-13)26-2/h4-10,12H,3,11H2,1-2H3. The topological polar surface area (TPSA) is 79.5 Å². The lowest BCUT2D eigenvalue weighted by Crippen LogP contribution is -2.01. The summed E-state index contributed by atoms with van der Waals surface area (Å²) in [5.74, 6) is 0.684. The van der Waals surface area contributed by atoms with Crippen molar-refractivity contribution >= 4 is 11.2 Å². The summed E-state index contributed by atoms with van der Waals surface area (Å²) in [7, 11) is 1.58. The van der Waals surface area contributed by atoms with E-state index >= 15 is 0 Å². The van der Waals surface area contributed by atoms with Gasteiger partial charge in [-0.2, -0.15) is 9.97 Å². The Kier molecular flexibility index (Phi) is 5.24. The van der Waals surface area contributed by atoms with Gasteiger partial charge >= 0.3 is 6.01 Å². The Hall–Kier alpha value is -3.68. The molecule has 2 aromatic heterocycles. The molecule has 7 nitrogen and oxygen atoms in total. The molecule has 0 saturated carbocycles. The maximum Gasteiger partial charge on any atom is 0.328 e. The van der Waals surface area contributed by atoms with E-state index < -0.39 is 5.82 Å². The smallest absolute Gasteiger partial charge is 0.328 e. The number of hydrogen-bond donors (Lipinski definition) is 0. The maximum atomic E-state index is 13.9. The zero-order chi connectivity index (χ0) is 20.2. The van der Waals surface area contributed by atoms with Crippen LogP contribution < -0.4 is 14.2 Å². The molecule has 4 aromatic rings. The van der Waals surface area contributed by atoms with E-state index in [1.54, 1.807) is 25.3 Å². The summed E-state index contributed by atoms with van der Waals surface area (Å²) in [4.78, 5) is 12.9. The molecule has 0 spiro atoms. The number of hydrogen-bond acceptors (Lipinski definition) is 7. The molecule has 4 rings (SSSR count). The average Bonchev–Trinajstić information content (AvgIpc) is 3.18. The van der Waals surface area contributed by atoms with Gasteiger partial charge in [0.05, 0.1) is 13.7 Å². The zero-order valence-corrected chi connectivity index (χ0v) is 15.9. The van der Waals surface area contributed by atoms with E-state index in [0.717, 1.165) is 6.42 Å². The van der Waals surface area contributed by atoms with Gasteiger partial charge in [0.1, 0.15) is 5.75 Å². The highest BCUT2D eigenvalue weighted by Crippen LogP contribution is 2.32. The van der Waals surface area contributed by atoms with Crippen LogP contribution in [0.25, 0.3) is 22.7 Å². The normalized spacial score (nSPS) is 10.9. The van der Waals surface area contributed by atoms with Crippen LogP contribution in [0.1, 0.15) is 13.3 Å². The monoisotopic (exact) mass is 395 g/mol. The molecule has 0 fully saturated rings. The summed E-state index contributed by atoms with van der Waals surface area (Å²) < 4.78 is 36.2. The molecule has 29 heavy (non-hydrogen) atoms. The molecule has 0 amide bonds. The van der Waals surface area contributed by atoms with Crippen LogP contribution >= 0.6 is 0 Å². The number of fused-ring (bicyclic) bond motifs is 1. The van der Waals surface area contributed by atoms with Crippen molar-refractivity contribution in [3.05, 3.63) is 54.3 Å². The number of oxazole rings is 1. The molecular formula is C21H18FN3O4. The highest BCUT2D eigenvalue weighted by atomic mass is 19.1. The van der Waals surface area contributed by atoms with Crippen LogP contribution in [-0.4, -0.2) is 28.7 Å². The van der Waals surface area contributed by atoms with E-state index in [4.69, 9.17) is 18.6 Å². The quantitative estimate of drug-likeness (QED) is 0.435. The van der Waals surface area contributed by atoms with Crippen molar-refractivity contribution in [2.45, 2.75) is 13.3 Å². The number of nitrogens with zero attached hydrogens (tertiary/aromatic N) is 3. The lowest BCUT2D eigenvalue weighted by atomic mass is 10.2. The van der Waals surface area contributed by atoms with Crippen molar-refractivity contribution < 1.29 is 23.0 Å². The third-order valence-corrected chi connectivity index (χ3v) is 4.00. The molecule has 0 aliphatic carbocycles. The zero-order valence-electron chi connectivity index (χ0n) is 15.9. The number of rotatable bonds is 7. The summed E-state index contributed by atoms with van der Waals surface area (Å²) in [6, 6.07) is 13.2. The largest absolute Gasteiger partial charge is 0.497 e. The molecule has 0 atom stereocenters. The Morgan fingerprint density at radius 3 is 2.69 bits per heavy atom. The van der Waals surface area contributed by atoms with Crippen LogP contribution in [0.15, 0.2) is 52.9 Å². The van der Waals surface area contributed by atoms with Gasteiger partial charge in [-0.05, 0) is 36.8 Å². The third kappa shape index (κ3) is 3.96. The van der Waals surface area contributed by atoms with Gasteiger partial charge < -0.3 is 18.6 Å². The Labute approximate surface area is 166 Å². The van der Waals surface area contributed by atoms with Crippen LogP contribution in [0.5, 0.6) is 23.4 Å². The van der Waals surface area contributed by atoms with E-state index in [0.29, 0.717) is 29.3 Å². The van der Waals surface area contributed by atoms with Crippen molar-refractivity contribution in [2.75, 3.05) is 13.7 Å². The first-order chi connectivity index (χ1) is 14.2. The van der Waals surface area contributed by atoms with Crippen LogP contribution in [0.2, 0.25) is 0 Å². The summed E-state index contributed by atoms with van der Waals surface area (Å²) in [5.41, 5.74) is 1.24.